The van der Waals surface area contributed by atoms with E-state index in [-0.39, 0.29) is 17.9 Å². The first-order chi connectivity index (χ1) is 12.5. The van der Waals surface area contributed by atoms with Crippen LogP contribution in [-0.2, 0) is 6.42 Å². The molecule has 0 saturated carbocycles. The van der Waals surface area contributed by atoms with Crippen molar-refractivity contribution < 1.29 is 9.59 Å². The molecule has 0 radical (unpaired) electrons. The van der Waals surface area contributed by atoms with Crippen LogP contribution in [0.2, 0.25) is 0 Å². The highest BCUT2D eigenvalue weighted by Gasteiger charge is 2.24. The van der Waals surface area contributed by atoms with Crippen molar-refractivity contribution in [1.82, 2.24) is 5.32 Å². The highest BCUT2D eigenvalue weighted by molar-refractivity contribution is 6.07. The van der Waals surface area contributed by atoms with Gasteiger partial charge in [0.2, 0.25) is 0 Å². The van der Waals surface area contributed by atoms with Crippen molar-refractivity contribution in [2.24, 2.45) is 0 Å². The van der Waals surface area contributed by atoms with Crippen LogP contribution >= 0.6 is 0 Å². The van der Waals surface area contributed by atoms with E-state index in [0.29, 0.717) is 17.7 Å². The molecule has 0 fully saturated rings. The molecule has 0 aromatic heterocycles. The molecule has 1 unspecified atom stereocenters. The Labute approximate surface area is 155 Å². The monoisotopic (exact) mass is 350 g/mol. The van der Waals surface area contributed by atoms with Gasteiger partial charge in [-0.25, -0.2) is 0 Å². The van der Waals surface area contributed by atoms with Gasteiger partial charge < -0.3 is 10.2 Å². The van der Waals surface area contributed by atoms with Gasteiger partial charge in [0, 0.05) is 29.4 Å². The lowest BCUT2D eigenvalue weighted by atomic mass is 9.97. The van der Waals surface area contributed by atoms with Crippen LogP contribution in [-0.4, -0.2) is 24.4 Å². The Morgan fingerprint density at radius 3 is 2.69 bits per heavy atom. The molecule has 2 amide bonds. The summed E-state index contributed by atoms with van der Waals surface area (Å²) in [5.41, 5.74) is 4.42. The number of hydrogen-bond acceptors (Lipinski definition) is 2. The van der Waals surface area contributed by atoms with Gasteiger partial charge in [0.1, 0.15) is 0 Å². The molecule has 1 N–H and O–H groups in total. The third-order valence-corrected chi connectivity index (χ3v) is 4.96. The fourth-order valence-electron chi connectivity index (χ4n) is 3.29. The van der Waals surface area contributed by atoms with E-state index < -0.39 is 0 Å². The van der Waals surface area contributed by atoms with Gasteiger partial charge in [-0.15, -0.1) is 0 Å². The zero-order valence-corrected chi connectivity index (χ0v) is 15.7. The minimum atomic E-state index is -0.0516. The van der Waals surface area contributed by atoms with Crippen molar-refractivity contribution in [3.63, 3.8) is 0 Å². The van der Waals surface area contributed by atoms with Crippen molar-refractivity contribution in [1.29, 1.82) is 0 Å². The highest BCUT2D eigenvalue weighted by Crippen LogP contribution is 2.29. The van der Waals surface area contributed by atoms with E-state index in [1.165, 1.54) is 0 Å². The third kappa shape index (κ3) is 3.79. The molecule has 136 valence electrons. The standard InChI is InChI=1S/C22H26N2O2/c1-4-16(3)23-21(25)18-10-11-20-17(14-18)9-6-12-24(20)22(26)19-8-5-7-15(2)13-19/h5,7-8,10-11,13-14,16H,4,6,9,12H2,1-3H3,(H,23,25). The van der Waals surface area contributed by atoms with Crippen molar-refractivity contribution in [3.8, 4) is 0 Å². The molecule has 2 aromatic rings. The second-order valence-corrected chi connectivity index (χ2v) is 7.06. The minimum Gasteiger partial charge on any atom is -0.350 e. The maximum Gasteiger partial charge on any atom is 0.258 e. The average Bonchev–Trinajstić information content (AvgIpc) is 2.66. The number of carbonyl (C=O) groups is 2. The van der Waals surface area contributed by atoms with Crippen molar-refractivity contribution in [2.75, 3.05) is 11.4 Å². The van der Waals surface area contributed by atoms with Gasteiger partial charge in [-0.05, 0) is 69.0 Å². The Morgan fingerprint density at radius 1 is 1.15 bits per heavy atom. The summed E-state index contributed by atoms with van der Waals surface area (Å²) in [5.74, 6) is -0.0317. The van der Waals surface area contributed by atoms with Crippen LogP contribution in [0.5, 0.6) is 0 Å². The van der Waals surface area contributed by atoms with Crippen molar-refractivity contribution in [2.45, 2.75) is 46.1 Å². The molecule has 3 rings (SSSR count). The van der Waals surface area contributed by atoms with E-state index in [0.717, 1.165) is 36.1 Å². The number of rotatable bonds is 4. The summed E-state index contributed by atoms with van der Waals surface area (Å²) in [5, 5.41) is 3.00. The number of benzene rings is 2. The van der Waals surface area contributed by atoms with E-state index in [4.69, 9.17) is 0 Å². The molecular weight excluding hydrogens is 324 g/mol. The summed E-state index contributed by atoms with van der Waals surface area (Å²) < 4.78 is 0. The number of aryl methyl sites for hydroxylation is 2. The van der Waals surface area contributed by atoms with E-state index >= 15 is 0 Å². The maximum absolute atomic E-state index is 13.0. The zero-order chi connectivity index (χ0) is 18.7. The van der Waals surface area contributed by atoms with Gasteiger partial charge in [-0.1, -0.05) is 24.6 Å². The lowest BCUT2D eigenvalue weighted by molar-refractivity contribution is 0.0938. The molecule has 0 aliphatic carbocycles. The largest absolute Gasteiger partial charge is 0.350 e. The summed E-state index contributed by atoms with van der Waals surface area (Å²) in [6, 6.07) is 13.5. The first kappa shape index (κ1) is 18.2. The Hall–Kier alpha value is -2.62. The van der Waals surface area contributed by atoms with Gasteiger partial charge >= 0.3 is 0 Å². The zero-order valence-electron chi connectivity index (χ0n) is 15.7. The van der Waals surface area contributed by atoms with Crippen LogP contribution in [0.4, 0.5) is 5.69 Å². The smallest absolute Gasteiger partial charge is 0.258 e. The van der Waals surface area contributed by atoms with Crippen LogP contribution < -0.4 is 10.2 Å². The fourth-order valence-corrected chi connectivity index (χ4v) is 3.29. The fraction of sp³-hybridized carbons (Fsp3) is 0.364. The normalized spacial score (nSPS) is 14.5. The summed E-state index contributed by atoms with van der Waals surface area (Å²) in [7, 11) is 0. The molecule has 1 aliphatic heterocycles. The predicted molar refractivity (Wildman–Crippen MR) is 105 cm³/mol. The van der Waals surface area contributed by atoms with Crippen LogP contribution in [0, 0.1) is 6.92 Å². The molecule has 1 aliphatic rings. The van der Waals surface area contributed by atoms with Crippen LogP contribution in [0.15, 0.2) is 42.5 Å². The number of nitrogens with zero attached hydrogens (tertiary/aromatic N) is 1. The molecule has 2 aromatic carbocycles. The minimum absolute atomic E-state index is 0.0199. The summed E-state index contributed by atoms with van der Waals surface area (Å²) in [4.78, 5) is 27.2. The lowest BCUT2D eigenvalue weighted by Gasteiger charge is -2.30. The summed E-state index contributed by atoms with van der Waals surface area (Å²) in [6.07, 6.45) is 2.69. The van der Waals surface area contributed by atoms with E-state index in [1.54, 1.807) is 0 Å². The Kier molecular flexibility index (Phi) is 5.40. The number of anilines is 1. The second kappa shape index (κ2) is 7.73. The first-order valence-corrected chi connectivity index (χ1v) is 9.32. The second-order valence-electron chi connectivity index (χ2n) is 7.06. The summed E-state index contributed by atoms with van der Waals surface area (Å²) in [6.45, 7) is 6.74. The molecule has 0 spiro atoms. The SMILES string of the molecule is CCC(C)NC(=O)c1ccc2c(c1)CCCN2C(=O)c1cccc(C)c1. The molecule has 1 heterocycles. The Morgan fingerprint density at radius 2 is 1.96 bits per heavy atom. The van der Waals surface area contributed by atoms with Crippen LogP contribution in [0.3, 0.4) is 0 Å². The molecule has 0 bridgehead atoms. The maximum atomic E-state index is 13.0. The number of carbonyl (C=O) groups excluding carboxylic acids is 2. The molecule has 4 heteroatoms. The van der Waals surface area contributed by atoms with E-state index in [9.17, 15) is 9.59 Å². The highest BCUT2D eigenvalue weighted by atomic mass is 16.2. The molecular formula is C22H26N2O2. The lowest BCUT2D eigenvalue weighted by Crippen LogP contribution is -2.36. The number of nitrogens with one attached hydrogen (secondary N) is 1. The number of fused-ring (bicyclic) bond motifs is 1. The summed E-state index contributed by atoms with van der Waals surface area (Å²) >= 11 is 0. The molecule has 26 heavy (non-hydrogen) atoms. The van der Waals surface area contributed by atoms with Gasteiger partial charge in [0.05, 0.1) is 0 Å². The van der Waals surface area contributed by atoms with Crippen molar-refractivity contribution in [3.05, 3.63) is 64.7 Å². The van der Waals surface area contributed by atoms with Gasteiger partial charge in [0.25, 0.3) is 11.8 Å². The average molecular weight is 350 g/mol. The Bertz CT molecular complexity index is 829. The number of hydrogen-bond donors (Lipinski definition) is 1. The van der Waals surface area contributed by atoms with E-state index in [2.05, 4.69) is 5.32 Å². The molecule has 0 saturated heterocycles. The van der Waals surface area contributed by atoms with Gasteiger partial charge in [0.15, 0.2) is 0 Å². The van der Waals surface area contributed by atoms with Crippen LogP contribution in [0.25, 0.3) is 0 Å². The predicted octanol–water partition coefficient (Wildman–Crippen LogP) is 4.12. The third-order valence-electron chi connectivity index (χ3n) is 4.96. The molecule has 1 atom stereocenters. The topological polar surface area (TPSA) is 49.4 Å². The quantitative estimate of drug-likeness (QED) is 0.902. The van der Waals surface area contributed by atoms with Crippen LogP contribution in [0.1, 0.15) is 58.5 Å². The first-order valence-electron chi connectivity index (χ1n) is 9.32. The van der Waals surface area contributed by atoms with Gasteiger partial charge in [-0.3, -0.25) is 9.59 Å². The van der Waals surface area contributed by atoms with E-state index in [1.807, 2.05) is 68.1 Å². The van der Waals surface area contributed by atoms with Crippen molar-refractivity contribution >= 4 is 17.5 Å². The number of amides is 2. The molecule has 4 nitrogen and oxygen atoms in total. The van der Waals surface area contributed by atoms with Gasteiger partial charge in [-0.2, -0.15) is 0 Å². The Balaban J connectivity index is 1.86.